The van der Waals surface area contributed by atoms with Crippen LogP contribution in [0.4, 0.5) is 0 Å². The number of likely N-dealkylation sites (N-methyl/N-ethyl adjacent to an activating group) is 1. The second-order valence-electron chi connectivity index (χ2n) is 5.39. The molecule has 2 rings (SSSR count). The maximum Gasteiger partial charge on any atom is 0.237 e. The summed E-state index contributed by atoms with van der Waals surface area (Å²) in [5.74, 6) is -0.0174. The molecule has 1 aliphatic rings. The average Bonchev–Trinajstić information content (AvgIpc) is 2.82. The smallest absolute Gasteiger partial charge is 0.237 e. The molecule has 1 aromatic rings. The molecule has 1 aromatic carbocycles. The molecule has 0 aromatic heterocycles. The molecule has 1 heterocycles. The van der Waals surface area contributed by atoms with Crippen molar-refractivity contribution < 1.29 is 4.79 Å². The maximum atomic E-state index is 12.0. The van der Waals surface area contributed by atoms with Crippen LogP contribution in [0, 0.1) is 0 Å². The summed E-state index contributed by atoms with van der Waals surface area (Å²) in [6.45, 7) is 1.97. The van der Waals surface area contributed by atoms with Crippen LogP contribution in [0.25, 0.3) is 0 Å². The number of nitrogens with one attached hydrogen (secondary N) is 1. The zero-order valence-electron chi connectivity index (χ0n) is 11.5. The fraction of sp³-hybridized carbons (Fsp3) is 0.533. The van der Waals surface area contributed by atoms with E-state index in [4.69, 9.17) is 5.73 Å². The van der Waals surface area contributed by atoms with Gasteiger partial charge in [0.15, 0.2) is 0 Å². The third kappa shape index (κ3) is 4.33. The number of hydrogen-bond acceptors (Lipinski definition) is 3. The molecule has 4 heteroatoms. The van der Waals surface area contributed by atoms with Gasteiger partial charge in [0.25, 0.3) is 0 Å². The summed E-state index contributed by atoms with van der Waals surface area (Å²) in [5, 5.41) is 3.04. The first-order valence-electron chi connectivity index (χ1n) is 6.93. The summed E-state index contributed by atoms with van der Waals surface area (Å²) >= 11 is 0. The van der Waals surface area contributed by atoms with Crippen LogP contribution in [-0.4, -0.2) is 43.0 Å². The molecule has 1 amide bonds. The number of hydrogen-bond donors (Lipinski definition) is 2. The van der Waals surface area contributed by atoms with Gasteiger partial charge in [0.05, 0.1) is 6.04 Å². The number of benzene rings is 1. The van der Waals surface area contributed by atoms with Gasteiger partial charge in [0.1, 0.15) is 0 Å². The first-order chi connectivity index (χ1) is 9.15. The van der Waals surface area contributed by atoms with Crippen LogP contribution in [-0.2, 0) is 11.2 Å². The Morgan fingerprint density at radius 2 is 2.21 bits per heavy atom. The predicted octanol–water partition coefficient (Wildman–Crippen LogP) is 0.767. The molecule has 104 valence electrons. The molecule has 1 aliphatic heterocycles. The number of aryl methyl sites for hydroxylation is 1. The molecule has 19 heavy (non-hydrogen) atoms. The van der Waals surface area contributed by atoms with Crippen molar-refractivity contribution in [3.63, 3.8) is 0 Å². The molecule has 1 saturated heterocycles. The van der Waals surface area contributed by atoms with E-state index in [1.165, 1.54) is 5.56 Å². The molecule has 1 unspecified atom stereocenters. The van der Waals surface area contributed by atoms with E-state index in [0.29, 0.717) is 6.42 Å². The standard InChI is InChI=1S/C15H23N3O/c1-18-10-9-13(11-18)17-15(19)14(16)8-7-12-5-3-2-4-6-12/h2-6,13-14H,7-11,16H2,1H3,(H,17,19)/t13?,14-/m0/s1. The lowest BCUT2D eigenvalue weighted by Gasteiger charge is -2.17. The van der Waals surface area contributed by atoms with Gasteiger partial charge >= 0.3 is 0 Å². The zero-order valence-corrected chi connectivity index (χ0v) is 11.5. The summed E-state index contributed by atoms with van der Waals surface area (Å²) < 4.78 is 0. The Balaban J connectivity index is 1.73. The minimum atomic E-state index is -0.411. The first kappa shape index (κ1) is 14.0. The Kier molecular flexibility index (Phi) is 4.93. The van der Waals surface area contributed by atoms with Crippen molar-refractivity contribution in [1.82, 2.24) is 10.2 Å². The zero-order chi connectivity index (χ0) is 13.7. The van der Waals surface area contributed by atoms with E-state index >= 15 is 0 Å². The molecule has 0 radical (unpaired) electrons. The van der Waals surface area contributed by atoms with E-state index in [0.717, 1.165) is 25.9 Å². The minimum Gasteiger partial charge on any atom is -0.351 e. The molecule has 0 saturated carbocycles. The van der Waals surface area contributed by atoms with Crippen LogP contribution in [0.5, 0.6) is 0 Å². The first-order valence-corrected chi connectivity index (χ1v) is 6.93. The van der Waals surface area contributed by atoms with Crippen LogP contribution in [0.2, 0.25) is 0 Å². The lowest BCUT2D eigenvalue weighted by molar-refractivity contribution is -0.123. The van der Waals surface area contributed by atoms with E-state index in [-0.39, 0.29) is 11.9 Å². The Morgan fingerprint density at radius 3 is 2.84 bits per heavy atom. The van der Waals surface area contributed by atoms with E-state index in [9.17, 15) is 4.79 Å². The Bertz CT molecular complexity index is 407. The molecule has 2 atom stereocenters. The number of carbonyl (C=O) groups excluding carboxylic acids is 1. The number of nitrogens with zero attached hydrogens (tertiary/aromatic N) is 1. The number of carbonyl (C=O) groups is 1. The highest BCUT2D eigenvalue weighted by molar-refractivity contribution is 5.81. The Hall–Kier alpha value is -1.39. The third-order valence-electron chi connectivity index (χ3n) is 3.66. The molecule has 3 N–H and O–H groups in total. The Morgan fingerprint density at radius 1 is 1.47 bits per heavy atom. The predicted molar refractivity (Wildman–Crippen MR) is 76.8 cm³/mol. The van der Waals surface area contributed by atoms with Crippen LogP contribution in [0.3, 0.4) is 0 Å². The number of rotatable bonds is 5. The van der Waals surface area contributed by atoms with Crippen molar-refractivity contribution in [2.75, 3.05) is 20.1 Å². The Labute approximate surface area is 115 Å². The van der Waals surface area contributed by atoms with Crippen LogP contribution in [0.15, 0.2) is 30.3 Å². The molecule has 1 fully saturated rings. The monoisotopic (exact) mass is 261 g/mol. The lowest BCUT2D eigenvalue weighted by atomic mass is 10.1. The molecular formula is C15H23N3O. The van der Waals surface area contributed by atoms with Gasteiger partial charge in [-0.2, -0.15) is 0 Å². The van der Waals surface area contributed by atoms with Crippen molar-refractivity contribution in [3.05, 3.63) is 35.9 Å². The van der Waals surface area contributed by atoms with Crippen molar-refractivity contribution in [2.24, 2.45) is 5.73 Å². The molecular weight excluding hydrogens is 238 g/mol. The second kappa shape index (κ2) is 6.68. The van der Waals surface area contributed by atoms with Gasteiger partial charge in [-0.15, -0.1) is 0 Å². The topological polar surface area (TPSA) is 58.4 Å². The quantitative estimate of drug-likeness (QED) is 0.823. The van der Waals surface area contributed by atoms with Gasteiger partial charge < -0.3 is 16.0 Å². The van der Waals surface area contributed by atoms with Crippen LogP contribution < -0.4 is 11.1 Å². The fourth-order valence-corrected chi connectivity index (χ4v) is 2.46. The van der Waals surface area contributed by atoms with Gasteiger partial charge in [-0.1, -0.05) is 30.3 Å². The number of amides is 1. The van der Waals surface area contributed by atoms with E-state index in [2.05, 4.69) is 29.4 Å². The van der Waals surface area contributed by atoms with Crippen molar-refractivity contribution in [2.45, 2.75) is 31.3 Å². The summed E-state index contributed by atoms with van der Waals surface area (Å²) in [6.07, 6.45) is 2.56. The van der Waals surface area contributed by atoms with E-state index < -0.39 is 6.04 Å². The minimum absolute atomic E-state index is 0.0174. The highest BCUT2D eigenvalue weighted by atomic mass is 16.2. The molecule has 0 spiro atoms. The summed E-state index contributed by atoms with van der Waals surface area (Å²) in [5.41, 5.74) is 7.18. The molecule has 0 aliphatic carbocycles. The number of likely N-dealkylation sites (tertiary alicyclic amines) is 1. The number of nitrogens with two attached hydrogens (primary N) is 1. The molecule has 0 bridgehead atoms. The maximum absolute atomic E-state index is 12.0. The van der Waals surface area contributed by atoms with Crippen molar-refractivity contribution in [3.8, 4) is 0 Å². The summed E-state index contributed by atoms with van der Waals surface area (Å²) in [6, 6.07) is 10.00. The van der Waals surface area contributed by atoms with Crippen LogP contribution in [0.1, 0.15) is 18.4 Å². The van der Waals surface area contributed by atoms with Crippen molar-refractivity contribution in [1.29, 1.82) is 0 Å². The SMILES string of the molecule is CN1CCC(NC(=O)[C@@H](N)CCc2ccccc2)C1. The second-order valence-corrected chi connectivity index (χ2v) is 5.39. The van der Waals surface area contributed by atoms with Gasteiger partial charge in [-0.25, -0.2) is 0 Å². The van der Waals surface area contributed by atoms with Gasteiger partial charge in [0.2, 0.25) is 5.91 Å². The summed E-state index contributed by atoms with van der Waals surface area (Å²) in [7, 11) is 2.07. The van der Waals surface area contributed by atoms with E-state index in [1.54, 1.807) is 0 Å². The van der Waals surface area contributed by atoms with Crippen LogP contribution >= 0.6 is 0 Å². The van der Waals surface area contributed by atoms with Crippen molar-refractivity contribution >= 4 is 5.91 Å². The molecule has 4 nitrogen and oxygen atoms in total. The van der Waals surface area contributed by atoms with Gasteiger partial charge in [-0.3, -0.25) is 4.79 Å². The highest BCUT2D eigenvalue weighted by Crippen LogP contribution is 2.08. The lowest BCUT2D eigenvalue weighted by Crippen LogP contribution is -2.46. The normalized spacial score (nSPS) is 21.3. The third-order valence-corrected chi connectivity index (χ3v) is 3.66. The van der Waals surface area contributed by atoms with E-state index in [1.807, 2.05) is 18.2 Å². The average molecular weight is 261 g/mol. The highest BCUT2D eigenvalue weighted by Gasteiger charge is 2.23. The van der Waals surface area contributed by atoms with Gasteiger partial charge in [0, 0.05) is 12.6 Å². The summed E-state index contributed by atoms with van der Waals surface area (Å²) in [4.78, 5) is 14.2. The van der Waals surface area contributed by atoms with Gasteiger partial charge in [-0.05, 0) is 38.4 Å². The largest absolute Gasteiger partial charge is 0.351 e. The fourth-order valence-electron chi connectivity index (χ4n) is 2.46.